The Kier molecular flexibility index (Phi) is 26.4. The Labute approximate surface area is 215 Å². The van der Waals surface area contributed by atoms with E-state index in [4.69, 9.17) is 14.0 Å². The first-order valence-corrected chi connectivity index (χ1v) is 14.9. The molecule has 0 unspecified atom stereocenters. The standard InChI is InChI=1S/C26H49O6PS/c1-2-3-4-5-6-7-8-9-10-14-17-20-26(28)32-24(23-31-33-29)22-30-25(27)19-16-13-11-12-15-18-21-34/h24,34H,2-23H2,1H3/t24-/m1/s1. The molecule has 0 fully saturated rings. The van der Waals surface area contributed by atoms with E-state index in [-0.39, 0.29) is 25.2 Å². The summed E-state index contributed by atoms with van der Waals surface area (Å²) < 4.78 is 26.1. The van der Waals surface area contributed by atoms with Crippen LogP contribution in [0.25, 0.3) is 0 Å². The number of unbranched alkanes of at least 4 members (excludes halogenated alkanes) is 15. The van der Waals surface area contributed by atoms with Crippen molar-refractivity contribution in [3.05, 3.63) is 0 Å². The second-order valence-corrected chi connectivity index (χ2v) is 9.90. The van der Waals surface area contributed by atoms with Crippen LogP contribution in [0.2, 0.25) is 0 Å². The van der Waals surface area contributed by atoms with Crippen LogP contribution in [-0.4, -0.2) is 37.0 Å². The predicted octanol–water partition coefficient (Wildman–Crippen LogP) is 8.03. The fourth-order valence-electron chi connectivity index (χ4n) is 3.75. The Morgan fingerprint density at radius 3 is 1.65 bits per heavy atom. The van der Waals surface area contributed by atoms with E-state index < -0.39 is 14.8 Å². The Bertz CT molecular complexity index is 492. The smallest absolute Gasteiger partial charge is 0.327 e. The number of thiol groups is 1. The van der Waals surface area contributed by atoms with E-state index in [9.17, 15) is 14.2 Å². The monoisotopic (exact) mass is 520 g/mol. The zero-order valence-corrected chi connectivity index (χ0v) is 23.3. The molecule has 0 heterocycles. The lowest BCUT2D eigenvalue weighted by molar-refractivity contribution is -0.160. The van der Waals surface area contributed by atoms with Gasteiger partial charge < -0.3 is 9.47 Å². The summed E-state index contributed by atoms with van der Waals surface area (Å²) in [6.45, 7) is 2.11. The summed E-state index contributed by atoms with van der Waals surface area (Å²) in [6.07, 6.45) is 19.7. The molecule has 0 saturated carbocycles. The topological polar surface area (TPSA) is 78.9 Å². The highest BCUT2D eigenvalue weighted by molar-refractivity contribution is 7.80. The molecule has 0 amide bonds. The average molecular weight is 521 g/mol. The quantitative estimate of drug-likeness (QED) is 0.0538. The van der Waals surface area contributed by atoms with Gasteiger partial charge in [-0.3, -0.25) is 14.1 Å². The summed E-state index contributed by atoms with van der Waals surface area (Å²) in [5.74, 6) is 0.290. The molecule has 0 aliphatic heterocycles. The van der Waals surface area contributed by atoms with Crippen molar-refractivity contribution in [1.29, 1.82) is 0 Å². The van der Waals surface area contributed by atoms with Crippen LogP contribution in [0.4, 0.5) is 0 Å². The lowest BCUT2D eigenvalue weighted by atomic mass is 10.1. The van der Waals surface area contributed by atoms with Crippen LogP contribution in [0.1, 0.15) is 129 Å². The third-order valence-electron chi connectivity index (χ3n) is 5.81. The highest BCUT2D eigenvalue weighted by Gasteiger charge is 2.17. The maximum atomic E-state index is 12.1. The molecule has 0 spiro atoms. The van der Waals surface area contributed by atoms with Crippen molar-refractivity contribution < 1.29 is 28.2 Å². The zero-order valence-electron chi connectivity index (χ0n) is 21.5. The number of hydrogen-bond donors (Lipinski definition) is 1. The molecule has 0 aromatic carbocycles. The molecular weight excluding hydrogens is 471 g/mol. The molecule has 0 N–H and O–H groups in total. The van der Waals surface area contributed by atoms with Gasteiger partial charge in [-0.15, -0.1) is 0 Å². The third-order valence-corrected chi connectivity index (χ3v) is 6.39. The van der Waals surface area contributed by atoms with Crippen LogP contribution in [0, 0.1) is 0 Å². The van der Waals surface area contributed by atoms with Gasteiger partial charge in [0.15, 0.2) is 6.10 Å². The summed E-state index contributed by atoms with van der Waals surface area (Å²) >= 11 is 4.20. The van der Waals surface area contributed by atoms with Gasteiger partial charge in [0.25, 0.3) is 0 Å². The molecule has 0 aromatic rings. The molecular formula is C26H49O6PS. The summed E-state index contributed by atoms with van der Waals surface area (Å²) in [6, 6.07) is 0. The first-order chi connectivity index (χ1) is 16.6. The van der Waals surface area contributed by atoms with E-state index in [1.54, 1.807) is 0 Å². The van der Waals surface area contributed by atoms with Gasteiger partial charge in [-0.2, -0.15) is 12.6 Å². The fraction of sp³-hybridized carbons (Fsp3) is 0.923. The highest BCUT2D eigenvalue weighted by Crippen LogP contribution is 2.13. The molecule has 0 bridgehead atoms. The number of carbonyl (C=O) groups excluding carboxylic acids is 2. The van der Waals surface area contributed by atoms with E-state index in [0.717, 1.165) is 50.7 Å². The van der Waals surface area contributed by atoms with E-state index in [0.29, 0.717) is 12.8 Å². The second kappa shape index (κ2) is 26.9. The van der Waals surface area contributed by atoms with Crippen LogP contribution in [0.3, 0.4) is 0 Å². The van der Waals surface area contributed by atoms with Gasteiger partial charge in [-0.05, 0) is 25.0 Å². The predicted molar refractivity (Wildman–Crippen MR) is 142 cm³/mol. The van der Waals surface area contributed by atoms with Gasteiger partial charge in [0.05, 0.1) is 0 Å². The van der Waals surface area contributed by atoms with E-state index in [1.165, 1.54) is 64.2 Å². The van der Waals surface area contributed by atoms with Gasteiger partial charge in [0.2, 0.25) is 0 Å². The minimum absolute atomic E-state index is 0.0620. The minimum Gasteiger partial charge on any atom is -0.462 e. The van der Waals surface area contributed by atoms with Crippen molar-refractivity contribution in [1.82, 2.24) is 0 Å². The molecule has 0 aliphatic carbocycles. The molecule has 34 heavy (non-hydrogen) atoms. The van der Waals surface area contributed by atoms with Crippen LogP contribution in [0.5, 0.6) is 0 Å². The number of rotatable bonds is 26. The SMILES string of the molecule is CCCCCCCCCCCCCC(=O)O[C@@H](COP=O)COC(=O)CCCCCCCCS. The minimum atomic E-state index is -0.730. The van der Waals surface area contributed by atoms with Crippen molar-refractivity contribution in [2.45, 2.75) is 135 Å². The van der Waals surface area contributed by atoms with Crippen molar-refractivity contribution in [2.24, 2.45) is 0 Å². The number of carbonyl (C=O) groups is 2. The largest absolute Gasteiger partial charge is 0.462 e. The second-order valence-electron chi connectivity index (χ2n) is 9.05. The van der Waals surface area contributed by atoms with E-state index in [1.807, 2.05) is 0 Å². The first kappa shape index (κ1) is 33.4. The molecule has 0 saturated heterocycles. The molecule has 6 nitrogen and oxygen atoms in total. The third kappa shape index (κ3) is 24.5. The Balaban J connectivity index is 3.84. The Hall–Kier alpha value is -0.650. The van der Waals surface area contributed by atoms with Crippen molar-refractivity contribution >= 4 is 33.3 Å². The fourth-order valence-corrected chi connectivity index (χ4v) is 4.21. The maximum absolute atomic E-state index is 12.1. The molecule has 0 aromatic heterocycles. The first-order valence-electron chi connectivity index (χ1n) is 13.5. The number of hydrogen-bond acceptors (Lipinski definition) is 7. The van der Waals surface area contributed by atoms with Crippen LogP contribution in [0.15, 0.2) is 0 Å². The summed E-state index contributed by atoms with van der Waals surface area (Å²) in [4.78, 5) is 24.1. The van der Waals surface area contributed by atoms with Gasteiger partial charge >= 0.3 is 20.6 Å². The van der Waals surface area contributed by atoms with Crippen molar-refractivity contribution in [3.8, 4) is 0 Å². The van der Waals surface area contributed by atoms with Crippen LogP contribution in [-0.2, 0) is 28.2 Å². The summed E-state index contributed by atoms with van der Waals surface area (Å²) in [5.41, 5.74) is 0. The van der Waals surface area contributed by atoms with E-state index in [2.05, 4.69) is 19.6 Å². The lowest BCUT2D eigenvalue weighted by Crippen LogP contribution is -2.28. The van der Waals surface area contributed by atoms with Crippen LogP contribution < -0.4 is 0 Å². The van der Waals surface area contributed by atoms with Gasteiger partial charge in [0, 0.05) is 12.8 Å². The number of ether oxygens (including phenoxy) is 2. The summed E-state index contributed by atoms with van der Waals surface area (Å²) in [5, 5.41) is 0. The van der Waals surface area contributed by atoms with Crippen LogP contribution >= 0.6 is 21.3 Å². The number of esters is 2. The van der Waals surface area contributed by atoms with Crippen molar-refractivity contribution in [3.63, 3.8) is 0 Å². The van der Waals surface area contributed by atoms with Gasteiger partial charge in [-0.25, -0.2) is 4.57 Å². The molecule has 200 valence electrons. The molecule has 8 heteroatoms. The Morgan fingerprint density at radius 2 is 1.15 bits per heavy atom. The average Bonchev–Trinajstić information content (AvgIpc) is 2.83. The molecule has 0 rings (SSSR count). The summed E-state index contributed by atoms with van der Waals surface area (Å²) in [7, 11) is -0.488. The Morgan fingerprint density at radius 1 is 0.676 bits per heavy atom. The van der Waals surface area contributed by atoms with Gasteiger partial charge in [0.1, 0.15) is 13.2 Å². The van der Waals surface area contributed by atoms with E-state index >= 15 is 0 Å². The highest BCUT2D eigenvalue weighted by atomic mass is 32.1. The normalized spacial score (nSPS) is 12.1. The lowest BCUT2D eigenvalue weighted by Gasteiger charge is -2.16. The molecule has 0 radical (unpaired) electrons. The molecule has 1 atom stereocenters. The maximum Gasteiger partial charge on any atom is 0.327 e. The molecule has 0 aliphatic rings. The zero-order chi connectivity index (χ0) is 25.1. The van der Waals surface area contributed by atoms with Crippen molar-refractivity contribution in [2.75, 3.05) is 19.0 Å². The van der Waals surface area contributed by atoms with Gasteiger partial charge in [-0.1, -0.05) is 96.8 Å².